The molecule has 1 N–H and O–H groups in total. The Balaban J connectivity index is 0.000000217. The van der Waals surface area contributed by atoms with Gasteiger partial charge in [-0.3, -0.25) is 0 Å². The summed E-state index contributed by atoms with van der Waals surface area (Å²) in [5.74, 6) is 0. The minimum atomic E-state index is 0.913. The Morgan fingerprint density at radius 2 is 1.83 bits per heavy atom. The molecule has 0 aromatic heterocycles. The van der Waals surface area contributed by atoms with Gasteiger partial charge in [0, 0.05) is 0 Å². The van der Waals surface area contributed by atoms with Crippen molar-refractivity contribution in [3.8, 4) is 0 Å². The smallest absolute Gasteiger partial charge is 0.0751 e. The zero-order valence-electron chi connectivity index (χ0n) is 7.70. The summed E-state index contributed by atoms with van der Waals surface area (Å²) in [5.41, 5.74) is 1.32. The first-order valence-electron chi connectivity index (χ1n) is 4.12. The summed E-state index contributed by atoms with van der Waals surface area (Å²) < 4.78 is 0. The van der Waals surface area contributed by atoms with Crippen molar-refractivity contribution in [1.82, 2.24) is 0 Å². The van der Waals surface area contributed by atoms with Gasteiger partial charge >= 0.3 is 0 Å². The van der Waals surface area contributed by atoms with Crippen molar-refractivity contribution >= 4 is 0 Å². The molecular weight excluding hydrogens is 148 g/mol. The van der Waals surface area contributed by atoms with Crippen molar-refractivity contribution in [1.29, 1.82) is 0 Å². The molecule has 0 bridgehead atoms. The third-order valence-corrected chi connectivity index (χ3v) is 1.28. The second-order valence-corrected chi connectivity index (χ2v) is 2.45. The third kappa shape index (κ3) is 6.87. The van der Waals surface area contributed by atoms with Gasteiger partial charge < -0.3 is 5.11 Å². The molecule has 0 aliphatic heterocycles. The van der Waals surface area contributed by atoms with Gasteiger partial charge in [0.05, 0.1) is 6.26 Å². The normalized spacial score (nSPS) is 9.17. The Morgan fingerprint density at radius 1 is 1.25 bits per heavy atom. The molecule has 0 amide bonds. The number of aryl methyl sites for hydroxylation is 1. The summed E-state index contributed by atoms with van der Waals surface area (Å²) in [4.78, 5) is 0. The van der Waals surface area contributed by atoms with Crippen LogP contribution in [0.5, 0.6) is 0 Å². The van der Waals surface area contributed by atoms with E-state index >= 15 is 0 Å². The van der Waals surface area contributed by atoms with E-state index in [1.54, 1.807) is 6.08 Å². The van der Waals surface area contributed by atoms with E-state index in [4.69, 9.17) is 5.11 Å². The number of aliphatic hydroxyl groups excluding tert-OH is 1. The summed E-state index contributed by atoms with van der Waals surface area (Å²) >= 11 is 0. The van der Waals surface area contributed by atoms with Gasteiger partial charge in [-0.2, -0.15) is 0 Å². The summed E-state index contributed by atoms with van der Waals surface area (Å²) in [7, 11) is 0. The molecule has 12 heavy (non-hydrogen) atoms. The highest BCUT2D eigenvalue weighted by atomic mass is 16.2. The SMILES string of the molecule is CCC=CO.Cc1ccccc1. The van der Waals surface area contributed by atoms with Crippen molar-refractivity contribution in [3.05, 3.63) is 48.2 Å². The molecule has 0 spiro atoms. The van der Waals surface area contributed by atoms with Crippen molar-refractivity contribution in [2.24, 2.45) is 0 Å². The van der Waals surface area contributed by atoms with Gasteiger partial charge in [0.15, 0.2) is 0 Å². The van der Waals surface area contributed by atoms with Crippen LogP contribution in [0, 0.1) is 6.92 Å². The Morgan fingerprint density at radius 3 is 2.00 bits per heavy atom. The molecule has 1 nitrogen and oxygen atoms in total. The van der Waals surface area contributed by atoms with Crippen LogP contribution >= 0.6 is 0 Å². The Bertz CT molecular complexity index is 202. The lowest BCUT2D eigenvalue weighted by molar-refractivity contribution is 0.471. The zero-order chi connectivity index (χ0) is 9.23. The maximum Gasteiger partial charge on any atom is 0.0751 e. The van der Waals surface area contributed by atoms with E-state index in [1.165, 1.54) is 5.56 Å². The Labute approximate surface area is 74.4 Å². The van der Waals surface area contributed by atoms with Crippen LogP contribution in [0.2, 0.25) is 0 Å². The molecule has 0 atom stereocenters. The minimum Gasteiger partial charge on any atom is -0.516 e. The fourth-order valence-electron chi connectivity index (χ4n) is 0.640. The predicted octanol–water partition coefficient (Wildman–Crippen LogP) is 3.46. The molecule has 0 saturated heterocycles. The Hall–Kier alpha value is -1.24. The van der Waals surface area contributed by atoms with Crippen LogP contribution in [0.1, 0.15) is 18.9 Å². The van der Waals surface area contributed by atoms with Gasteiger partial charge in [-0.15, -0.1) is 0 Å². The number of rotatable bonds is 1. The first kappa shape index (κ1) is 10.8. The van der Waals surface area contributed by atoms with E-state index in [2.05, 4.69) is 19.1 Å². The van der Waals surface area contributed by atoms with Gasteiger partial charge in [0.25, 0.3) is 0 Å². The second-order valence-electron chi connectivity index (χ2n) is 2.45. The lowest BCUT2D eigenvalue weighted by Gasteiger charge is -1.82. The molecule has 0 unspecified atom stereocenters. The summed E-state index contributed by atoms with van der Waals surface area (Å²) in [6, 6.07) is 10.3. The topological polar surface area (TPSA) is 20.2 Å². The fourth-order valence-corrected chi connectivity index (χ4v) is 0.640. The summed E-state index contributed by atoms with van der Waals surface area (Å²) in [5, 5.41) is 7.89. The number of hydrogen-bond donors (Lipinski definition) is 1. The quantitative estimate of drug-likeness (QED) is 0.630. The second kappa shape index (κ2) is 7.86. The van der Waals surface area contributed by atoms with Crippen LogP contribution in [0.15, 0.2) is 42.7 Å². The molecule has 66 valence electrons. The first-order valence-corrected chi connectivity index (χ1v) is 4.12. The van der Waals surface area contributed by atoms with Crippen LogP contribution in [0.3, 0.4) is 0 Å². The zero-order valence-corrected chi connectivity index (χ0v) is 7.70. The molecule has 1 heteroatoms. The number of hydrogen-bond acceptors (Lipinski definition) is 1. The van der Waals surface area contributed by atoms with E-state index in [-0.39, 0.29) is 0 Å². The van der Waals surface area contributed by atoms with Crippen LogP contribution in [-0.2, 0) is 0 Å². The molecule has 0 aliphatic carbocycles. The lowest BCUT2D eigenvalue weighted by atomic mass is 10.2. The van der Waals surface area contributed by atoms with Gasteiger partial charge in [0.2, 0.25) is 0 Å². The molecule has 1 rings (SSSR count). The van der Waals surface area contributed by atoms with E-state index in [1.807, 2.05) is 25.1 Å². The van der Waals surface area contributed by atoms with Gasteiger partial charge in [-0.1, -0.05) is 48.9 Å². The minimum absolute atomic E-state index is 0.913. The molecule has 0 aliphatic rings. The highest BCUT2D eigenvalue weighted by Crippen LogP contribution is 1.92. The maximum absolute atomic E-state index is 7.89. The standard InChI is InChI=1S/C7H8.C4H8O/c1-7-5-3-2-4-6-7;1-2-3-4-5/h2-6H,1H3;3-5H,2H2,1H3. The predicted molar refractivity (Wildman–Crippen MR) is 53.2 cm³/mol. The van der Waals surface area contributed by atoms with E-state index in [0.717, 1.165) is 12.7 Å². The molecule has 0 fully saturated rings. The largest absolute Gasteiger partial charge is 0.516 e. The fraction of sp³-hybridized carbons (Fsp3) is 0.273. The molecule has 0 radical (unpaired) electrons. The monoisotopic (exact) mass is 164 g/mol. The average Bonchev–Trinajstić information content (AvgIpc) is 2.08. The van der Waals surface area contributed by atoms with E-state index in [0.29, 0.717) is 0 Å². The first-order chi connectivity index (χ1) is 5.81. The highest BCUT2D eigenvalue weighted by Gasteiger charge is 1.72. The molecular formula is C11H16O. The van der Waals surface area contributed by atoms with Gasteiger partial charge in [-0.25, -0.2) is 0 Å². The lowest BCUT2D eigenvalue weighted by Crippen LogP contribution is -1.62. The Kier molecular flexibility index (Phi) is 7.05. The molecule has 1 aromatic carbocycles. The van der Waals surface area contributed by atoms with Crippen molar-refractivity contribution in [2.45, 2.75) is 20.3 Å². The number of allylic oxidation sites excluding steroid dienone is 1. The van der Waals surface area contributed by atoms with E-state index < -0.39 is 0 Å². The number of aliphatic hydroxyl groups is 1. The van der Waals surface area contributed by atoms with Crippen molar-refractivity contribution in [3.63, 3.8) is 0 Å². The van der Waals surface area contributed by atoms with Crippen LogP contribution in [0.25, 0.3) is 0 Å². The molecule has 0 saturated carbocycles. The van der Waals surface area contributed by atoms with Crippen LogP contribution in [0.4, 0.5) is 0 Å². The third-order valence-electron chi connectivity index (χ3n) is 1.28. The van der Waals surface area contributed by atoms with Crippen LogP contribution < -0.4 is 0 Å². The van der Waals surface area contributed by atoms with Crippen molar-refractivity contribution in [2.75, 3.05) is 0 Å². The summed E-state index contributed by atoms with van der Waals surface area (Å²) in [6.45, 7) is 4.05. The van der Waals surface area contributed by atoms with Crippen LogP contribution in [-0.4, -0.2) is 5.11 Å². The summed E-state index contributed by atoms with van der Waals surface area (Å²) in [6.07, 6.45) is 3.65. The molecule has 1 aromatic rings. The van der Waals surface area contributed by atoms with Gasteiger partial charge in [-0.05, 0) is 13.3 Å². The average molecular weight is 164 g/mol. The van der Waals surface area contributed by atoms with Gasteiger partial charge in [0.1, 0.15) is 0 Å². The number of benzene rings is 1. The highest BCUT2D eigenvalue weighted by molar-refractivity contribution is 5.11. The maximum atomic E-state index is 7.89. The van der Waals surface area contributed by atoms with E-state index in [9.17, 15) is 0 Å². The van der Waals surface area contributed by atoms with Crippen molar-refractivity contribution < 1.29 is 5.11 Å². The molecule has 0 heterocycles.